The topological polar surface area (TPSA) is 51.2 Å². The second-order valence-corrected chi connectivity index (χ2v) is 5.98. The maximum Gasteiger partial charge on any atom is 0.261 e. The molecule has 0 aliphatic carbocycles. The summed E-state index contributed by atoms with van der Waals surface area (Å²) in [5, 5.41) is 5.89. The normalized spacial score (nSPS) is 12.0. The van der Waals surface area contributed by atoms with E-state index in [2.05, 4.69) is 24.1 Å². The number of carbonyl (C=O) groups excluding carboxylic acids is 1. The van der Waals surface area contributed by atoms with Crippen molar-refractivity contribution in [3.8, 4) is 5.75 Å². The van der Waals surface area contributed by atoms with Crippen LogP contribution in [0.3, 0.4) is 0 Å². The van der Waals surface area contributed by atoms with E-state index in [-0.39, 0.29) is 5.91 Å². The van der Waals surface area contributed by atoms with Crippen LogP contribution in [0.25, 0.3) is 0 Å². The van der Waals surface area contributed by atoms with Crippen LogP contribution >= 0.6 is 22.9 Å². The number of hydrogen-bond donors (Lipinski definition) is 1. The van der Waals surface area contributed by atoms with Crippen LogP contribution in [0.5, 0.6) is 5.75 Å². The third kappa shape index (κ3) is 3.74. The Morgan fingerprint density at radius 3 is 2.95 bits per heavy atom. The first kappa shape index (κ1) is 15.8. The van der Waals surface area contributed by atoms with E-state index in [1.165, 1.54) is 18.4 Å². The zero-order chi connectivity index (χ0) is 15.4. The predicted octanol–water partition coefficient (Wildman–Crippen LogP) is 4.57. The molecule has 1 aromatic heterocycles. The van der Waals surface area contributed by atoms with E-state index in [9.17, 15) is 4.79 Å². The number of thiazole rings is 1. The smallest absolute Gasteiger partial charge is 0.261 e. The number of halogens is 1. The van der Waals surface area contributed by atoms with E-state index in [4.69, 9.17) is 16.3 Å². The highest BCUT2D eigenvalue weighted by molar-refractivity contribution is 7.14. The lowest BCUT2D eigenvalue weighted by atomic mass is 10.1. The molecule has 0 spiro atoms. The highest BCUT2D eigenvalue weighted by Gasteiger charge is 2.15. The Bertz CT molecular complexity index is 642. The lowest BCUT2D eigenvalue weighted by molar-refractivity contribution is 0.102. The van der Waals surface area contributed by atoms with E-state index in [1.807, 2.05) is 5.38 Å². The number of anilines is 1. The van der Waals surface area contributed by atoms with Crippen molar-refractivity contribution in [2.45, 2.75) is 26.2 Å². The summed E-state index contributed by atoms with van der Waals surface area (Å²) in [7, 11) is 1.51. The quantitative estimate of drug-likeness (QED) is 0.876. The second-order valence-electron chi connectivity index (χ2n) is 4.69. The molecule has 2 rings (SSSR count). The van der Waals surface area contributed by atoms with E-state index in [0.717, 1.165) is 12.1 Å². The minimum absolute atomic E-state index is 0.256. The minimum Gasteiger partial charge on any atom is -0.496 e. The number of methoxy groups -OCH3 is 1. The Morgan fingerprint density at radius 1 is 1.52 bits per heavy atom. The monoisotopic (exact) mass is 324 g/mol. The van der Waals surface area contributed by atoms with Crippen LogP contribution in [-0.4, -0.2) is 18.0 Å². The van der Waals surface area contributed by atoms with Gasteiger partial charge >= 0.3 is 0 Å². The van der Waals surface area contributed by atoms with Gasteiger partial charge in [0.05, 0.1) is 18.4 Å². The second kappa shape index (κ2) is 6.91. The average molecular weight is 325 g/mol. The Kier molecular flexibility index (Phi) is 5.20. The number of rotatable bonds is 5. The molecule has 1 aromatic carbocycles. The molecule has 0 radical (unpaired) electrons. The van der Waals surface area contributed by atoms with Gasteiger partial charge in [-0.2, -0.15) is 0 Å². The number of aromatic nitrogens is 1. The highest BCUT2D eigenvalue weighted by atomic mass is 35.5. The van der Waals surface area contributed by atoms with Crippen LogP contribution in [0.2, 0.25) is 5.02 Å². The Labute approximate surface area is 133 Å². The molecule has 112 valence electrons. The van der Waals surface area contributed by atoms with Gasteiger partial charge in [-0.05, 0) is 30.5 Å². The molecule has 6 heteroatoms. The summed E-state index contributed by atoms with van der Waals surface area (Å²) in [4.78, 5) is 16.7. The Hall–Kier alpha value is -1.59. The van der Waals surface area contributed by atoms with Gasteiger partial charge in [0, 0.05) is 10.4 Å². The lowest BCUT2D eigenvalue weighted by Crippen LogP contribution is -2.13. The molecule has 0 aliphatic heterocycles. The standard InChI is InChI=1S/C15H17ClN2O2S/c1-4-9(2)12-8-21-15(17-12)18-14(19)11-6-5-10(16)7-13(11)20-3/h5-9H,4H2,1-3H3,(H,17,18,19). The summed E-state index contributed by atoms with van der Waals surface area (Å²) in [5.41, 5.74) is 1.43. The van der Waals surface area contributed by atoms with Crippen LogP contribution < -0.4 is 10.1 Å². The molecule has 0 saturated heterocycles. The Morgan fingerprint density at radius 2 is 2.29 bits per heavy atom. The SMILES string of the molecule is CCC(C)c1csc(NC(=O)c2ccc(Cl)cc2OC)n1. The zero-order valence-corrected chi connectivity index (χ0v) is 13.7. The zero-order valence-electron chi connectivity index (χ0n) is 12.1. The largest absolute Gasteiger partial charge is 0.496 e. The molecular formula is C15H17ClN2O2S. The molecule has 2 aromatic rings. The summed E-state index contributed by atoms with van der Waals surface area (Å²) in [6.45, 7) is 4.23. The molecule has 1 heterocycles. The molecule has 1 atom stereocenters. The maximum atomic E-state index is 12.3. The van der Waals surface area contributed by atoms with Gasteiger partial charge in [-0.15, -0.1) is 11.3 Å². The van der Waals surface area contributed by atoms with Crippen molar-refractivity contribution in [2.24, 2.45) is 0 Å². The number of nitrogens with zero attached hydrogens (tertiary/aromatic N) is 1. The summed E-state index contributed by atoms with van der Waals surface area (Å²) >= 11 is 7.32. The molecule has 1 unspecified atom stereocenters. The average Bonchev–Trinajstić information content (AvgIpc) is 2.94. The number of ether oxygens (including phenoxy) is 1. The van der Waals surface area contributed by atoms with Crippen molar-refractivity contribution in [2.75, 3.05) is 12.4 Å². The van der Waals surface area contributed by atoms with Crippen molar-refractivity contribution in [3.05, 3.63) is 39.9 Å². The van der Waals surface area contributed by atoms with Gasteiger partial charge < -0.3 is 4.74 Å². The van der Waals surface area contributed by atoms with Gasteiger partial charge in [0.2, 0.25) is 0 Å². The van der Waals surface area contributed by atoms with Crippen LogP contribution in [0.1, 0.15) is 42.2 Å². The summed E-state index contributed by atoms with van der Waals surface area (Å²) < 4.78 is 5.18. The van der Waals surface area contributed by atoms with Crippen LogP contribution in [-0.2, 0) is 0 Å². The summed E-state index contributed by atoms with van der Waals surface area (Å²) in [6.07, 6.45) is 1.02. The fourth-order valence-electron chi connectivity index (χ4n) is 1.80. The molecule has 1 amide bonds. The molecule has 0 bridgehead atoms. The fraction of sp³-hybridized carbons (Fsp3) is 0.333. The van der Waals surface area contributed by atoms with Crippen molar-refractivity contribution < 1.29 is 9.53 Å². The third-order valence-corrected chi connectivity index (χ3v) is 4.28. The van der Waals surface area contributed by atoms with Crippen LogP contribution in [0, 0.1) is 0 Å². The van der Waals surface area contributed by atoms with Crippen LogP contribution in [0.4, 0.5) is 5.13 Å². The molecule has 1 N–H and O–H groups in total. The van der Waals surface area contributed by atoms with E-state index in [1.54, 1.807) is 18.2 Å². The van der Waals surface area contributed by atoms with Crippen molar-refractivity contribution in [1.82, 2.24) is 4.98 Å². The van der Waals surface area contributed by atoms with Gasteiger partial charge in [-0.1, -0.05) is 25.4 Å². The maximum absolute atomic E-state index is 12.3. The van der Waals surface area contributed by atoms with E-state index >= 15 is 0 Å². The molecule has 0 fully saturated rings. The number of hydrogen-bond acceptors (Lipinski definition) is 4. The van der Waals surface area contributed by atoms with Crippen molar-refractivity contribution in [1.29, 1.82) is 0 Å². The fourth-order valence-corrected chi connectivity index (χ4v) is 2.79. The van der Waals surface area contributed by atoms with Crippen LogP contribution in [0.15, 0.2) is 23.6 Å². The molecule has 0 aliphatic rings. The summed E-state index contributed by atoms with van der Waals surface area (Å²) in [5.74, 6) is 0.573. The van der Waals surface area contributed by atoms with Crippen molar-refractivity contribution >= 4 is 34.0 Å². The highest BCUT2D eigenvalue weighted by Crippen LogP contribution is 2.27. The first-order chi connectivity index (χ1) is 10.0. The third-order valence-electron chi connectivity index (χ3n) is 3.27. The number of benzene rings is 1. The predicted molar refractivity (Wildman–Crippen MR) is 86.8 cm³/mol. The van der Waals surface area contributed by atoms with Gasteiger partial charge in [0.25, 0.3) is 5.91 Å². The van der Waals surface area contributed by atoms with Gasteiger partial charge in [0.1, 0.15) is 5.75 Å². The van der Waals surface area contributed by atoms with Gasteiger partial charge in [0.15, 0.2) is 5.13 Å². The van der Waals surface area contributed by atoms with Gasteiger partial charge in [-0.3, -0.25) is 10.1 Å². The molecule has 21 heavy (non-hydrogen) atoms. The lowest BCUT2D eigenvalue weighted by Gasteiger charge is -2.08. The molecular weight excluding hydrogens is 308 g/mol. The van der Waals surface area contributed by atoms with Gasteiger partial charge in [-0.25, -0.2) is 4.98 Å². The number of carbonyl (C=O) groups is 1. The number of amides is 1. The van der Waals surface area contributed by atoms with Crippen molar-refractivity contribution in [3.63, 3.8) is 0 Å². The van der Waals surface area contributed by atoms with E-state index < -0.39 is 0 Å². The number of nitrogens with one attached hydrogen (secondary N) is 1. The first-order valence-electron chi connectivity index (χ1n) is 6.65. The Balaban J connectivity index is 2.16. The molecule has 4 nitrogen and oxygen atoms in total. The first-order valence-corrected chi connectivity index (χ1v) is 7.91. The molecule has 0 saturated carbocycles. The van der Waals surface area contributed by atoms with E-state index in [0.29, 0.717) is 27.4 Å². The summed E-state index contributed by atoms with van der Waals surface area (Å²) in [6, 6.07) is 4.91. The minimum atomic E-state index is -0.256.